The normalized spacial score (nSPS) is 25.6. The molecular formula is C18H29NO. The molecule has 0 aromatic heterocycles. The minimum atomic E-state index is 0.318. The first-order valence-corrected chi connectivity index (χ1v) is 7.97. The van der Waals surface area contributed by atoms with Crippen LogP contribution in [0, 0.1) is 5.92 Å². The van der Waals surface area contributed by atoms with E-state index in [0.717, 1.165) is 18.2 Å². The Morgan fingerprint density at radius 3 is 2.70 bits per heavy atom. The molecule has 1 aromatic rings. The smallest absolute Gasteiger partial charge is 0.119 e. The topological polar surface area (TPSA) is 21.3 Å². The van der Waals surface area contributed by atoms with E-state index in [0.29, 0.717) is 11.5 Å². The molecule has 112 valence electrons. The van der Waals surface area contributed by atoms with Crippen molar-refractivity contribution in [2.24, 2.45) is 5.92 Å². The zero-order valence-electron chi connectivity index (χ0n) is 13.4. The van der Waals surface area contributed by atoms with Gasteiger partial charge in [-0.05, 0) is 36.5 Å². The molecule has 20 heavy (non-hydrogen) atoms. The van der Waals surface area contributed by atoms with Crippen LogP contribution in [0.2, 0.25) is 0 Å². The number of hydrogen-bond acceptors (Lipinski definition) is 2. The molecule has 0 heterocycles. The maximum absolute atomic E-state index is 5.40. The highest BCUT2D eigenvalue weighted by Crippen LogP contribution is 2.49. The maximum Gasteiger partial charge on any atom is 0.119 e. The molecule has 2 rings (SSSR count). The van der Waals surface area contributed by atoms with Gasteiger partial charge in [0, 0.05) is 18.0 Å². The Bertz CT molecular complexity index is 421. The summed E-state index contributed by atoms with van der Waals surface area (Å²) in [6.45, 7) is 7.82. The minimum Gasteiger partial charge on any atom is -0.497 e. The lowest BCUT2D eigenvalue weighted by atomic mass is 9.57. The first kappa shape index (κ1) is 15.4. The Kier molecular flexibility index (Phi) is 5.09. The van der Waals surface area contributed by atoms with Gasteiger partial charge in [-0.3, -0.25) is 0 Å². The maximum atomic E-state index is 5.40. The second-order valence-corrected chi connectivity index (χ2v) is 6.61. The SMILES string of the molecule is CCCC1CC(CNC(C)C)(c2cccc(OC)c2)C1. The van der Waals surface area contributed by atoms with E-state index in [1.165, 1.54) is 31.2 Å². The average molecular weight is 275 g/mol. The predicted octanol–water partition coefficient (Wildman–Crippen LogP) is 4.14. The largest absolute Gasteiger partial charge is 0.497 e. The van der Waals surface area contributed by atoms with Gasteiger partial charge in [-0.15, -0.1) is 0 Å². The van der Waals surface area contributed by atoms with Gasteiger partial charge in [-0.2, -0.15) is 0 Å². The lowest BCUT2D eigenvalue weighted by molar-refractivity contribution is 0.126. The Balaban J connectivity index is 2.14. The number of benzene rings is 1. The molecule has 0 bridgehead atoms. The molecule has 0 aliphatic heterocycles. The van der Waals surface area contributed by atoms with E-state index in [2.05, 4.69) is 44.3 Å². The Labute approximate surface area is 123 Å². The molecule has 2 nitrogen and oxygen atoms in total. The van der Waals surface area contributed by atoms with Gasteiger partial charge in [0.15, 0.2) is 0 Å². The van der Waals surface area contributed by atoms with E-state index >= 15 is 0 Å². The standard InChI is InChI=1S/C18H29NO/c1-5-7-15-11-18(12-15,13-19-14(2)3)16-8-6-9-17(10-16)20-4/h6,8-10,14-15,19H,5,7,11-13H2,1-4H3. The molecule has 0 spiro atoms. The van der Waals surface area contributed by atoms with Gasteiger partial charge in [-0.25, -0.2) is 0 Å². The zero-order chi connectivity index (χ0) is 14.6. The molecule has 1 aromatic carbocycles. The lowest BCUT2D eigenvalue weighted by Crippen LogP contribution is -2.49. The number of methoxy groups -OCH3 is 1. The van der Waals surface area contributed by atoms with E-state index in [4.69, 9.17) is 4.74 Å². The van der Waals surface area contributed by atoms with Crippen molar-refractivity contribution in [1.29, 1.82) is 0 Å². The van der Waals surface area contributed by atoms with Crippen LogP contribution >= 0.6 is 0 Å². The Hall–Kier alpha value is -1.02. The summed E-state index contributed by atoms with van der Waals surface area (Å²) in [5, 5.41) is 3.65. The fourth-order valence-electron chi connectivity index (χ4n) is 3.49. The fourth-order valence-corrected chi connectivity index (χ4v) is 3.49. The van der Waals surface area contributed by atoms with Gasteiger partial charge in [-0.1, -0.05) is 45.7 Å². The highest BCUT2D eigenvalue weighted by Gasteiger charge is 2.44. The molecule has 1 aliphatic rings. The summed E-state index contributed by atoms with van der Waals surface area (Å²) in [5.41, 5.74) is 1.76. The van der Waals surface area contributed by atoms with E-state index in [-0.39, 0.29) is 0 Å². The fraction of sp³-hybridized carbons (Fsp3) is 0.667. The summed E-state index contributed by atoms with van der Waals surface area (Å²) in [5.74, 6) is 1.88. The van der Waals surface area contributed by atoms with Crippen LogP contribution in [0.3, 0.4) is 0 Å². The van der Waals surface area contributed by atoms with Crippen LogP contribution in [0.25, 0.3) is 0 Å². The van der Waals surface area contributed by atoms with Crippen molar-refractivity contribution < 1.29 is 4.74 Å². The van der Waals surface area contributed by atoms with Gasteiger partial charge in [0.1, 0.15) is 5.75 Å². The highest BCUT2D eigenvalue weighted by molar-refractivity contribution is 5.36. The molecule has 1 saturated carbocycles. The van der Waals surface area contributed by atoms with Crippen LogP contribution in [0.1, 0.15) is 52.0 Å². The average Bonchev–Trinajstić information content (AvgIpc) is 2.41. The van der Waals surface area contributed by atoms with Gasteiger partial charge in [0.05, 0.1) is 7.11 Å². The first-order valence-electron chi connectivity index (χ1n) is 7.97. The summed E-state index contributed by atoms with van der Waals surface area (Å²) >= 11 is 0. The number of rotatable bonds is 7. The first-order chi connectivity index (χ1) is 9.59. The van der Waals surface area contributed by atoms with Crippen LogP contribution < -0.4 is 10.1 Å². The molecule has 0 amide bonds. The highest BCUT2D eigenvalue weighted by atomic mass is 16.5. The summed E-state index contributed by atoms with van der Waals surface area (Å²) in [6, 6.07) is 9.20. The van der Waals surface area contributed by atoms with E-state index in [1.54, 1.807) is 7.11 Å². The monoisotopic (exact) mass is 275 g/mol. The zero-order valence-corrected chi connectivity index (χ0v) is 13.4. The number of hydrogen-bond donors (Lipinski definition) is 1. The molecular weight excluding hydrogens is 246 g/mol. The van der Waals surface area contributed by atoms with Gasteiger partial charge >= 0.3 is 0 Å². The van der Waals surface area contributed by atoms with E-state index in [9.17, 15) is 0 Å². The van der Waals surface area contributed by atoms with Crippen molar-refractivity contribution in [2.75, 3.05) is 13.7 Å². The minimum absolute atomic E-state index is 0.318. The lowest BCUT2D eigenvalue weighted by Gasteiger charge is -2.49. The molecule has 1 fully saturated rings. The Morgan fingerprint density at radius 1 is 1.35 bits per heavy atom. The Morgan fingerprint density at radius 2 is 2.10 bits per heavy atom. The molecule has 1 N–H and O–H groups in total. The molecule has 0 saturated heterocycles. The van der Waals surface area contributed by atoms with Crippen LogP contribution in [-0.2, 0) is 5.41 Å². The summed E-state index contributed by atoms with van der Waals surface area (Å²) in [7, 11) is 1.75. The second kappa shape index (κ2) is 6.62. The van der Waals surface area contributed by atoms with Crippen molar-refractivity contribution in [3.8, 4) is 5.75 Å². The molecule has 2 heteroatoms. The molecule has 0 atom stereocenters. The van der Waals surface area contributed by atoms with E-state index in [1.807, 2.05) is 6.07 Å². The molecule has 0 unspecified atom stereocenters. The molecule has 0 radical (unpaired) electrons. The van der Waals surface area contributed by atoms with Crippen LogP contribution in [0.15, 0.2) is 24.3 Å². The summed E-state index contributed by atoms with van der Waals surface area (Å²) in [6.07, 6.45) is 5.30. The van der Waals surface area contributed by atoms with Gasteiger partial charge in [0.25, 0.3) is 0 Å². The molecule has 1 aliphatic carbocycles. The van der Waals surface area contributed by atoms with Crippen LogP contribution in [-0.4, -0.2) is 19.7 Å². The van der Waals surface area contributed by atoms with Crippen molar-refractivity contribution in [2.45, 2.75) is 57.9 Å². The van der Waals surface area contributed by atoms with E-state index < -0.39 is 0 Å². The third kappa shape index (κ3) is 3.35. The van der Waals surface area contributed by atoms with Crippen molar-refractivity contribution in [3.05, 3.63) is 29.8 Å². The van der Waals surface area contributed by atoms with Gasteiger partial charge in [0.2, 0.25) is 0 Å². The predicted molar refractivity (Wildman–Crippen MR) is 85.4 cm³/mol. The van der Waals surface area contributed by atoms with Crippen molar-refractivity contribution in [1.82, 2.24) is 5.32 Å². The van der Waals surface area contributed by atoms with Crippen molar-refractivity contribution >= 4 is 0 Å². The summed E-state index contributed by atoms with van der Waals surface area (Å²) < 4.78 is 5.40. The second-order valence-electron chi connectivity index (χ2n) is 6.61. The van der Waals surface area contributed by atoms with Gasteiger partial charge < -0.3 is 10.1 Å². The third-order valence-electron chi connectivity index (χ3n) is 4.59. The number of nitrogens with one attached hydrogen (secondary N) is 1. The van der Waals surface area contributed by atoms with Crippen molar-refractivity contribution in [3.63, 3.8) is 0 Å². The number of ether oxygens (including phenoxy) is 1. The van der Waals surface area contributed by atoms with Crippen LogP contribution in [0.4, 0.5) is 0 Å². The summed E-state index contributed by atoms with van der Waals surface area (Å²) in [4.78, 5) is 0. The quantitative estimate of drug-likeness (QED) is 0.807. The van der Waals surface area contributed by atoms with Crippen LogP contribution in [0.5, 0.6) is 5.75 Å². The third-order valence-corrected chi connectivity index (χ3v) is 4.59.